The van der Waals surface area contributed by atoms with Crippen molar-refractivity contribution in [2.45, 2.75) is 55.3 Å². The molecule has 1 N–H and O–H groups in total. The molecule has 2 aliphatic rings. The molecule has 1 aliphatic heterocycles. The minimum Gasteiger partial charge on any atom is -0.313 e. The van der Waals surface area contributed by atoms with Crippen LogP contribution in [0.5, 0.6) is 0 Å². The molecule has 5 atom stereocenters. The van der Waals surface area contributed by atoms with E-state index in [1.165, 1.54) is 0 Å². The lowest BCUT2D eigenvalue weighted by Gasteiger charge is -2.36. The van der Waals surface area contributed by atoms with Gasteiger partial charge in [-0.25, -0.2) is 0 Å². The minimum absolute atomic E-state index is 0.00415. The quantitative estimate of drug-likeness (QED) is 0.730. The molecule has 5 unspecified atom stereocenters. The second-order valence-electron chi connectivity index (χ2n) is 5.08. The van der Waals surface area contributed by atoms with Crippen LogP contribution in [0.4, 0.5) is 13.2 Å². The summed E-state index contributed by atoms with van der Waals surface area (Å²) in [6.07, 6.45) is -2.66. The van der Waals surface area contributed by atoms with Crippen LogP contribution in [-0.2, 0) is 10.8 Å². The maximum atomic E-state index is 12.7. The van der Waals surface area contributed by atoms with Gasteiger partial charge in [-0.2, -0.15) is 13.2 Å². The summed E-state index contributed by atoms with van der Waals surface area (Å²) in [4.78, 5) is 0. The Morgan fingerprint density at radius 3 is 2.59 bits per heavy atom. The van der Waals surface area contributed by atoms with Crippen molar-refractivity contribution in [2.24, 2.45) is 5.92 Å². The Bertz CT molecular complexity index is 308. The molecule has 0 bridgehead atoms. The van der Waals surface area contributed by atoms with Crippen LogP contribution in [0.2, 0.25) is 0 Å². The van der Waals surface area contributed by atoms with E-state index in [4.69, 9.17) is 0 Å². The highest BCUT2D eigenvalue weighted by atomic mass is 32.2. The zero-order valence-corrected chi connectivity index (χ0v) is 10.6. The van der Waals surface area contributed by atoms with Gasteiger partial charge in [0.1, 0.15) is 0 Å². The summed E-state index contributed by atoms with van der Waals surface area (Å²) in [7, 11) is -1.14. The average Bonchev–Trinajstić information content (AvgIpc) is 2.39. The molecule has 2 fully saturated rings. The van der Waals surface area contributed by atoms with Crippen molar-refractivity contribution in [3.63, 3.8) is 0 Å². The van der Waals surface area contributed by atoms with Crippen molar-refractivity contribution in [1.29, 1.82) is 0 Å². The van der Waals surface area contributed by atoms with Crippen molar-refractivity contribution >= 4 is 10.8 Å². The van der Waals surface area contributed by atoms with E-state index in [0.717, 1.165) is 13.0 Å². The molecule has 0 radical (unpaired) electrons. The largest absolute Gasteiger partial charge is 0.391 e. The molecule has 1 saturated carbocycles. The molecule has 1 heterocycles. The summed E-state index contributed by atoms with van der Waals surface area (Å²) >= 11 is 0. The van der Waals surface area contributed by atoms with E-state index >= 15 is 0 Å². The van der Waals surface area contributed by atoms with Gasteiger partial charge in [0.15, 0.2) is 0 Å². The van der Waals surface area contributed by atoms with Crippen LogP contribution in [0.3, 0.4) is 0 Å². The molecule has 1 aliphatic carbocycles. The summed E-state index contributed by atoms with van der Waals surface area (Å²) in [5, 5.41) is 2.93. The zero-order valence-electron chi connectivity index (χ0n) is 9.80. The molecule has 0 aromatic heterocycles. The normalized spacial score (nSPS) is 43.9. The number of halogens is 3. The van der Waals surface area contributed by atoms with Gasteiger partial charge in [-0.3, -0.25) is 4.21 Å². The Morgan fingerprint density at radius 2 is 1.94 bits per heavy atom. The molecule has 2 rings (SSSR count). The molecular weight excluding hydrogens is 251 g/mol. The fourth-order valence-corrected chi connectivity index (χ4v) is 4.73. The first-order chi connectivity index (χ1) is 7.89. The maximum absolute atomic E-state index is 12.7. The zero-order chi connectivity index (χ0) is 12.6. The summed E-state index contributed by atoms with van der Waals surface area (Å²) in [5.74, 6) is -1.26. The standard InChI is InChI=1S/C11H18F3NOS/c1-7-4-5-15-9-3-2-8(11(12,13)14)6-10(9)17(7)16/h7-10,15H,2-6H2,1H3. The molecule has 6 heteroatoms. The highest BCUT2D eigenvalue weighted by Gasteiger charge is 2.47. The third-order valence-corrected chi connectivity index (χ3v) is 6.05. The number of hydrogen-bond acceptors (Lipinski definition) is 2. The van der Waals surface area contributed by atoms with Crippen LogP contribution in [0, 0.1) is 5.92 Å². The van der Waals surface area contributed by atoms with Gasteiger partial charge in [0.05, 0.1) is 11.2 Å². The smallest absolute Gasteiger partial charge is 0.313 e. The molecular formula is C11H18F3NOS. The molecule has 0 spiro atoms. The van der Waals surface area contributed by atoms with Gasteiger partial charge in [-0.1, -0.05) is 6.92 Å². The van der Waals surface area contributed by atoms with Gasteiger partial charge < -0.3 is 5.32 Å². The Labute approximate surface area is 102 Å². The van der Waals surface area contributed by atoms with Crippen LogP contribution in [0.1, 0.15) is 32.6 Å². The summed E-state index contributed by atoms with van der Waals surface area (Å²) in [6.45, 7) is 2.64. The van der Waals surface area contributed by atoms with Gasteiger partial charge in [-0.05, 0) is 32.2 Å². The Morgan fingerprint density at radius 1 is 1.24 bits per heavy atom. The van der Waals surface area contributed by atoms with Crippen LogP contribution in [0.15, 0.2) is 0 Å². The van der Waals surface area contributed by atoms with Gasteiger partial charge in [0.2, 0.25) is 0 Å². The first kappa shape index (κ1) is 13.3. The topological polar surface area (TPSA) is 29.1 Å². The van der Waals surface area contributed by atoms with E-state index in [1.807, 2.05) is 6.92 Å². The Balaban J connectivity index is 2.12. The van der Waals surface area contributed by atoms with E-state index < -0.39 is 22.9 Å². The second kappa shape index (κ2) is 4.88. The van der Waals surface area contributed by atoms with E-state index in [9.17, 15) is 17.4 Å². The van der Waals surface area contributed by atoms with E-state index in [2.05, 4.69) is 5.32 Å². The molecule has 0 aromatic carbocycles. The molecule has 1 saturated heterocycles. The lowest BCUT2D eigenvalue weighted by Crippen LogP contribution is -2.47. The Hall–Kier alpha value is -0.100. The van der Waals surface area contributed by atoms with Crippen molar-refractivity contribution in [1.82, 2.24) is 5.32 Å². The maximum Gasteiger partial charge on any atom is 0.391 e. The van der Waals surface area contributed by atoms with Crippen LogP contribution in [0.25, 0.3) is 0 Å². The number of nitrogens with one attached hydrogen (secondary N) is 1. The van der Waals surface area contributed by atoms with Crippen molar-refractivity contribution in [2.75, 3.05) is 6.54 Å². The Kier molecular flexibility index (Phi) is 3.83. The summed E-state index contributed by atoms with van der Waals surface area (Å²) < 4.78 is 50.3. The number of hydrogen-bond donors (Lipinski definition) is 1. The van der Waals surface area contributed by atoms with Crippen LogP contribution >= 0.6 is 0 Å². The predicted molar refractivity (Wildman–Crippen MR) is 61.2 cm³/mol. The van der Waals surface area contributed by atoms with E-state index in [0.29, 0.717) is 6.42 Å². The van der Waals surface area contributed by atoms with E-state index in [1.54, 1.807) is 0 Å². The highest BCUT2D eigenvalue weighted by molar-refractivity contribution is 7.86. The number of fused-ring (bicyclic) bond motifs is 1. The molecule has 100 valence electrons. The molecule has 2 nitrogen and oxygen atoms in total. The molecule has 0 amide bonds. The van der Waals surface area contributed by atoms with Crippen LogP contribution < -0.4 is 5.32 Å². The van der Waals surface area contributed by atoms with Gasteiger partial charge in [0.25, 0.3) is 0 Å². The van der Waals surface area contributed by atoms with E-state index in [-0.39, 0.29) is 29.4 Å². The van der Waals surface area contributed by atoms with Crippen molar-refractivity contribution in [3.05, 3.63) is 0 Å². The van der Waals surface area contributed by atoms with Gasteiger partial charge >= 0.3 is 6.18 Å². The fraction of sp³-hybridized carbons (Fsp3) is 1.00. The van der Waals surface area contributed by atoms with Crippen LogP contribution in [-0.4, -0.2) is 33.5 Å². The molecule has 17 heavy (non-hydrogen) atoms. The van der Waals surface area contributed by atoms with Crippen molar-refractivity contribution < 1.29 is 17.4 Å². The predicted octanol–water partition coefficient (Wildman–Crippen LogP) is 2.22. The summed E-state index contributed by atoms with van der Waals surface area (Å²) in [6, 6.07) is 0.0133. The third-order valence-electron chi connectivity index (χ3n) is 3.91. The van der Waals surface area contributed by atoms with Crippen molar-refractivity contribution in [3.8, 4) is 0 Å². The number of alkyl halides is 3. The second-order valence-corrected chi connectivity index (χ2v) is 7.15. The molecule has 0 aromatic rings. The SMILES string of the molecule is CC1CCNC2CCC(C(F)(F)F)CC2S1=O. The highest BCUT2D eigenvalue weighted by Crippen LogP contribution is 2.40. The fourth-order valence-electron chi connectivity index (χ4n) is 2.80. The lowest BCUT2D eigenvalue weighted by molar-refractivity contribution is -0.182. The minimum atomic E-state index is -4.13. The average molecular weight is 269 g/mol. The summed E-state index contributed by atoms with van der Waals surface area (Å²) in [5.41, 5.74) is 0. The first-order valence-corrected chi connectivity index (χ1v) is 7.36. The third kappa shape index (κ3) is 2.84. The monoisotopic (exact) mass is 269 g/mol. The van der Waals surface area contributed by atoms with Gasteiger partial charge in [0, 0.05) is 22.1 Å². The van der Waals surface area contributed by atoms with Gasteiger partial charge in [-0.15, -0.1) is 0 Å². The lowest BCUT2D eigenvalue weighted by atomic mass is 9.85. The first-order valence-electron chi connectivity index (χ1n) is 6.09. The number of rotatable bonds is 0.